The summed E-state index contributed by atoms with van der Waals surface area (Å²) in [5.41, 5.74) is 7.81. The van der Waals surface area contributed by atoms with E-state index in [2.05, 4.69) is 10.6 Å². The Morgan fingerprint density at radius 2 is 1.70 bits per heavy atom. The van der Waals surface area contributed by atoms with Crippen LogP contribution in [0.4, 0.5) is 17.1 Å². The molecular weight excluding hydrogens is 318 g/mol. The van der Waals surface area contributed by atoms with E-state index >= 15 is 0 Å². The zero-order chi connectivity index (χ0) is 17.0. The van der Waals surface area contributed by atoms with Gasteiger partial charge in [0.05, 0.1) is 24.2 Å². The minimum absolute atomic E-state index is 0.303. The summed E-state index contributed by atoms with van der Waals surface area (Å²) in [4.78, 5) is 24.0. The van der Waals surface area contributed by atoms with E-state index in [1.165, 1.54) is 13.2 Å². The Morgan fingerprint density at radius 3 is 2.30 bits per heavy atom. The number of nitrogen functional groups attached to an aromatic ring is 1. The van der Waals surface area contributed by atoms with E-state index in [0.29, 0.717) is 27.8 Å². The van der Waals surface area contributed by atoms with Gasteiger partial charge in [0.25, 0.3) is 0 Å². The molecule has 0 heterocycles. The number of anilines is 3. The van der Waals surface area contributed by atoms with Gasteiger partial charge in [-0.2, -0.15) is 0 Å². The van der Waals surface area contributed by atoms with Crippen molar-refractivity contribution in [1.82, 2.24) is 0 Å². The SMILES string of the molecule is COc1ccc(Cl)cc1NC(=O)C(=O)Nc1ccc(C)cc1N. The molecule has 0 aliphatic carbocycles. The molecule has 4 N–H and O–H groups in total. The Morgan fingerprint density at radius 1 is 1.04 bits per heavy atom. The summed E-state index contributed by atoms with van der Waals surface area (Å²) in [5.74, 6) is -1.31. The van der Waals surface area contributed by atoms with Crippen LogP contribution >= 0.6 is 11.6 Å². The molecule has 2 aromatic rings. The monoisotopic (exact) mass is 333 g/mol. The normalized spacial score (nSPS) is 10.0. The number of benzene rings is 2. The Balaban J connectivity index is 2.11. The lowest BCUT2D eigenvalue weighted by Gasteiger charge is -2.11. The van der Waals surface area contributed by atoms with Crippen molar-refractivity contribution in [2.45, 2.75) is 6.92 Å². The van der Waals surface area contributed by atoms with E-state index in [4.69, 9.17) is 22.1 Å². The van der Waals surface area contributed by atoms with Crippen molar-refractivity contribution in [2.24, 2.45) is 0 Å². The first-order chi connectivity index (χ1) is 10.9. The average molecular weight is 334 g/mol. The topological polar surface area (TPSA) is 93.4 Å². The van der Waals surface area contributed by atoms with Gasteiger partial charge in [-0.25, -0.2) is 0 Å². The fourth-order valence-corrected chi connectivity index (χ4v) is 2.10. The summed E-state index contributed by atoms with van der Waals surface area (Å²) >= 11 is 5.88. The Labute approximate surface area is 138 Å². The Kier molecular flexibility index (Phi) is 5.08. The molecule has 0 spiro atoms. The number of hydrogen-bond acceptors (Lipinski definition) is 4. The Bertz CT molecular complexity index is 762. The van der Waals surface area contributed by atoms with Crippen molar-refractivity contribution >= 4 is 40.5 Å². The number of nitrogens with one attached hydrogen (secondary N) is 2. The summed E-state index contributed by atoms with van der Waals surface area (Å²) in [6, 6.07) is 9.82. The lowest BCUT2D eigenvalue weighted by molar-refractivity contribution is -0.133. The van der Waals surface area contributed by atoms with Gasteiger partial charge in [-0.3, -0.25) is 9.59 Å². The van der Waals surface area contributed by atoms with E-state index in [-0.39, 0.29) is 0 Å². The van der Waals surface area contributed by atoms with Crippen LogP contribution in [0.15, 0.2) is 36.4 Å². The summed E-state index contributed by atoms with van der Waals surface area (Å²) in [6.45, 7) is 1.88. The smallest absolute Gasteiger partial charge is 0.314 e. The highest BCUT2D eigenvalue weighted by Gasteiger charge is 2.17. The molecular formula is C16H16ClN3O3. The molecule has 120 valence electrons. The van der Waals surface area contributed by atoms with Crippen LogP contribution in [0.2, 0.25) is 5.02 Å². The molecule has 2 amide bonds. The molecule has 2 rings (SSSR count). The lowest BCUT2D eigenvalue weighted by Crippen LogP contribution is -2.29. The highest BCUT2D eigenvalue weighted by atomic mass is 35.5. The number of rotatable bonds is 3. The number of methoxy groups -OCH3 is 1. The fraction of sp³-hybridized carbons (Fsp3) is 0.125. The van der Waals surface area contributed by atoms with Gasteiger partial charge in [-0.05, 0) is 42.8 Å². The quantitative estimate of drug-likeness (QED) is 0.594. The van der Waals surface area contributed by atoms with Gasteiger partial charge in [-0.1, -0.05) is 17.7 Å². The van der Waals surface area contributed by atoms with Crippen LogP contribution < -0.4 is 21.1 Å². The van der Waals surface area contributed by atoms with Gasteiger partial charge >= 0.3 is 11.8 Å². The summed E-state index contributed by atoms with van der Waals surface area (Å²) in [6.07, 6.45) is 0. The third kappa shape index (κ3) is 4.14. The second-order valence-electron chi connectivity index (χ2n) is 4.84. The van der Waals surface area contributed by atoms with Crippen LogP contribution in [0.1, 0.15) is 5.56 Å². The Hall–Kier alpha value is -2.73. The third-order valence-electron chi connectivity index (χ3n) is 3.07. The minimum Gasteiger partial charge on any atom is -0.495 e. The van der Waals surface area contributed by atoms with E-state index in [9.17, 15) is 9.59 Å². The van der Waals surface area contributed by atoms with Gasteiger partial charge < -0.3 is 21.1 Å². The number of ether oxygens (including phenoxy) is 1. The molecule has 0 aliphatic heterocycles. The largest absolute Gasteiger partial charge is 0.495 e. The van der Waals surface area contributed by atoms with E-state index in [0.717, 1.165) is 5.56 Å². The molecule has 6 nitrogen and oxygen atoms in total. The van der Waals surface area contributed by atoms with Gasteiger partial charge in [0.1, 0.15) is 5.75 Å². The fourth-order valence-electron chi connectivity index (χ4n) is 1.93. The van der Waals surface area contributed by atoms with Crippen molar-refractivity contribution in [3.8, 4) is 5.75 Å². The summed E-state index contributed by atoms with van der Waals surface area (Å²) in [7, 11) is 1.45. The molecule has 2 aromatic carbocycles. The molecule has 0 unspecified atom stereocenters. The maximum atomic E-state index is 12.0. The van der Waals surface area contributed by atoms with Crippen molar-refractivity contribution in [1.29, 1.82) is 0 Å². The molecule has 0 bridgehead atoms. The van der Waals surface area contributed by atoms with Crippen LogP contribution in [-0.2, 0) is 9.59 Å². The predicted octanol–water partition coefficient (Wildman–Crippen LogP) is 2.82. The first-order valence-corrected chi connectivity index (χ1v) is 7.10. The molecule has 7 heteroatoms. The van der Waals surface area contributed by atoms with E-state index < -0.39 is 11.8 Å². The number of aryl methyl sites for hydroxylation is 1. The van der Waals surface area contributed by atoms with Gasteiger partial charge in [-0.15, -0.1) is 0 Å². The van der Waals surface area contributed by atoms with E-state index in [1.54, 1.807) is 30.3 Å². The van der Waals surface area contributed by atoms with Crippen molar-refractivity contribution in [2.75, 3.05) is 23.5 Å². The number of hydrogen-bond donors (Lipinski definition) is 3. The first kappa shape index (κ1) is 16.6. The molecule has 0 aromatic heterocycles. The molecule has 0 saturated heterocycles. The van der Waals surface area contributed by atoms with Gasteiger partial charge in [0.2, 0.25) is 0 Å². The second-order valence-corrected chi connectivity index (χ2v) is 5.28. The van der Waals surface area contributed by atoms with E-state index in [1.807, 2.05) is 6.92 Å². The van der Waals surface area contributed by atoms with Crippen LogP contribution in [0, 0.1) is 6.92 Å². The molecule has 0 atom stereocenters. The standard InChI is InChI=1S/C16H16ClN3O3/c1-9-3-5-12(11(18)7-9)19-15(21)16(22)20-13-8-10(17)4-6-14(13)23-2/h3-8H,18H2,1-2H3,(H,19,21)(H,20,22). The molecule has 0 aliphatic rings. The highest BCUT2D eigenvalue weighted by molar-refractivity contribution is 6.44. The van der Waals surface area contributed by atoms with Crippen molar-refractivity contribution < 1.29 is 14.3 Å². The third-order valence-corrected chi connectivity index (χ3v) is 3.31. The number of halogens is 1. The molecule has 0 saturated carbocycles. The second kappa shape index (κ2) is 7.02. The van der Waals surface area contributed by atoms with Crippen LogP contribution in [0.25, 0.3) is 0 Å². The maximum Gasteiger partial charge on any atom is 0.314 e. The molecule has 0 radical (unpaired) electrons. The summed E-state index contributed by atoms with van der Waals surface area (Å²) < 4.78 is 5.11. The number of amides is 2. The zero-order valence-corrected chi connectivity index (χ0v) is 13.4. The van der Waals surface area contributed by atoms with Gasteiger partial charge in [0, 0.05) is 5.02 Å². The average Bonchev–Trinajstić information content (AvgIpc) is 2.50. The summed E-state index contributed by atoms with van der Waals surface area (Å²) in [5, 5.41) is 5.32. The number of carbonyl (C=O) groups is 2. The maximum absolute atomic E-state index is 12.0. The number of carbonyl (C=O) groups excluding carboxylic acids is 2. The van der Waals surface area contributed by atoms with Crippen LogP contribution in [0.5, 0.6) is 5.75 Å². The zero-order valence-electron chi connectivity index (χ0n) is 12.6. The lowest BCUT2D eigenvalue weighted by atomic mass is 10.2. The van der Waals surface area contributed by atoms with Crippen LogP contribution in [-0.4, -0.2) is 18.9 Å². The first-order valence-electron chi connectivity index (χ1n) is 6.72. The minimum atomic E-state index is -0.856. The van der Waals surface area contributed by atoms with Crippen molar-refractivity contribution in [3.05, 3.63) is 47.0 Å². The van der Waals surface area contributed by atoms with Crippen LogP contribution in [0.3, 0.4) is 0 Å². The van der Waals surface area contributed by atoms with Crippen molar-refractivity contribution in [3.63, 3.8) is 0 Å². The molecule has 0 fully saturated rings. The van der Waals surface area contributed by atoms with Gasteiger partial charge in [0.15, 0.2) is 0 Å². The highest BCUT2D eigenvalue weighted by Crippen LogP contribution is 2.27. The molecule has 23 heavy (non-hydrogen) atoms. The predicted molar refractivity (Wildman–Crippen MR) is 90.9 cm³/mol. The number of nitrogens with two attached hydrogens (primary N) is 1.